The number of aliphatic hydroxyl groups is 1. The average molecular weight is 380 g/mol. The minimum Gasteiger partial charge on any atom is -0.508 e. The molecule has 7 heteroatoms. The molecule has 142 valence electrons. The summed E-state index contributed by atoms with van der Waals surface area (Å²) in [6, 6.07) is 10.2. The van der Waals surface area contributed by atoms with E-state index in [1.807, 2.05) is 0 Å². The smallest absolute Gasteiger partial charge is 0.197 e. The van der Waals surface area contributed by atoms with Gasteiger partial charge in [-0.3, -0.25) is 4.79 Å². The lowest BCUT2D eigenvalue weighted by atomic mass is 9.82. The van der Waals surface area contributed by atoms with Crippen molar-refractivity contribution < 1.29 is 35.4 Å². The molecule has 0 saturated carbocycles. The second kappa shape index (κ2) is 6.17. The zero-order chi connectivity index (χ0) is 20.2. The van der Waals surface area contributed by atoms with E-state index in [-0.39, 0.29) is 39.5 Å². The number of benzene rings is 3. The highest BCUT2D eigenvalue weighted by Gasteiger charge is 2.39. The van der Waals surface area contributed by atoms with Crippen molar-refractivity contribution in [2.45, 2.75) is 12.0 Å². The predicted octanol–water partition coefficient (Wildman–Crippen LogP) is 2.62. The van der Waals surface area contributed by atoms with Crippen molar-refractivity contribution in [3.8, 4) is 28.7 Å². The van der Waals surface area contributed by atoms with Crippen molar-refractivity contribution in [3.05, 3.63) is 76.3 Å². The Kier molecular flexibility index (Phi) is 3.90. The normalized spacial score (nSPS) is 18.2. The fourth-order valence-corrected chi connectivity index (χ4v) is 3.75. The number of aromatic hydroxyl groups is 5. The lowest BCUT2D eigenvalue weighted by Gasteiger charge is -2.25. The van der Waals surface area contributed by atoms with Gasteiger partial charge in [0.15, 0.2) is 5.78 Å². The Balaban J connectivity index is 2.10. The molecule has 0 saturated heterocycles. The van der Waals surface area contributed by atoms with Gasteiger partial charge in [0.25, 0.3) is 0 Å². The first-order chi connectivity index (χ1) is 13.3. The van der Waals surface area contributed by atoms with Crippen molar-refractivity contribution in [1.82, 2.24) is 0 Å². The van der Waals surface area contributed by atoms with Crippen LogP contribution in [0.5, 0.6) is 28.7 Å². The number of carbonyl (C=O) groups is 1. The molecule has 0 heterocycles. The van der Waals surface area contributed by atoms with Crippen LogP contribution >= 0.6 is 0 Å². The van der Waals surface area contributed by atoms with E-state index in [4.69, 9.17) is 0 Å². The van der Waals surface area contributed by atoms with E-state index in [2.05, 4.69) is 0 Å². The summed E-state index contributed by atoms with van der Waals surface area (Å²) in [5.74, 6) is -3.32. The summed E-state index contributed by atoms with van der Waals surface area (Å²) in [6.07, 6.45) is -1.42. The van der Waals surface area contributed by atoms with E-state index < -0.39 is 29.3 Å². The molecular formula is C21H16O7. The Morgan fingerprint density at radius 1 is 0.714 bits per heavy atom. The fraction of sp³-hybridized carbons (Fsp3) is 0.0952. The zero-order valence-electron chi connectivity index (χ0n) is 14.4. The Labute approximate surface area is 159 Å². The molecule has 3 aromatic rings. The number of rotatable bonds is 1. The maximum atomic E-state index is 13.1. The van der Waals surface area contributed by atoms with Gasteiger partial charge in [0.1, 0.15) is 28.7 Å². The molecule has 0 radical (unpaired) electrons. The van der Waals surface area contributed by atoms with E-state index >= 15 is 0 Å². The lowest BCUT2D eigenvalue weighted by molar-refractivity contribution is 0.103. The first kappa shape index (κ1) is 17.7. The molecule has 0 fully saturated rings. The van der Waals surface area contributed by atoms with Gasteiger partial charge in [-0.1, -0.05) is 12.1 Å². The monoisotopic (exact) mass is 380 g/mol. The van der Waals surface area contributed by atoms with Crippen LogP contribution in [0.2, 0.25) is 0 Å². The van der Waals surface area contributed by atoms with Gasteiger partial charge in [0, 0.05) is 29.2 Å². The van der Waals surface area contributed by atoms with Crippen LogP contribution in [-0.4, -0.2) is 36.4 Å². The maximum Gasteiger partial charge on any atom is 0.197 e. The summed E-state index contributed by atoms with van der Waals surface area (Å²) in [6.45, 7) is 0. The van der Waals surface area contributed by atoms with E-state index in [1.54, 1.807) is 0 Å². The standard InChI is InChI=1S/C21H16O7/c22-10-3-1-9(2-4-10)17-18-13(5-11(23)7-15(18)25)21(28)19-14(20(17)27)6-12(24)8-16(19)26/h1-8,17,20,22-27H/t17-,20-/m1/s1. The number of carbonyl (C=O) groups excluding carboxylic acids is 1. The third-order valence-corrected chi connectivity index (χ3v) is 4.95. The summed E-state index contributed by atoms with van der Waals surface area (Å²) in [5, 5.41) is 61.2. The van der Waals surface area contributed by atoms with Gasteiger partial charge < -0.3 is 30.6 Å². The van der Waals surface area contributed by atoms with Crippen molar-refractivity contribution in [1.29, 1.82) is 0 Å². The highest BCUT2D eigenvalue weighted by Crippen LogP contribution is 2.49. The number of hydrogen-bond donors (Lipinski definition) is 6. The third-order valence-electron chi connectivity index (χ3n) is 4.95. The van der Waals surface area contributed by atoms with Crippen LogP contribution in [0.15, 0.2) is 48.5 Å². The average Bonchev–Trinajstić information content (AvgIpc) is 2.71. The zero-order valence-corrected chi connectivity index (χ0v) is 14.4. The van der Waals surface area contributed by atoms with Gasteiger partial charge in [0.2, 0.25) is 0 Å². The molecule has 1 aliphatic carbocycles. The van der Waals surface area contributed by atoms with Gasteiger partial charge in [-0.2, -0.15) is 0 Å². The van der Waals surface area contributed by atoms with Crippen LogP contribution in [0.25, 0.3) is 0 Å². The SMILES string of the molecule is O=C1c2cc(O)cc(O)c2[C@@H](c2ccc(O)cc2)[C@H](O)c2cc(O)cc(O)c21. The predicted molar refractivity (Wildman–Crippen MR) is 97.9 cm³/mol. The molecular weight excluding hydrogens is 364 g/mol. The number of hydrogen-bond acceptors (Lipinski definition) is 7. The molecule has 6 N–H and O–H groups in total. The second-order valence-electron chi connectivity index (χ2n) is 6.70. The van der Waals surface area contributed by atoms with Crippen molar-refractivity contribution in [3.63, 3.8) is 0 Å². The Morgan fingerprint density at radius 2 is 1.32 bits per heavy atom. The van der Waals surface area contributed by atoms with Crippen LogP contribution in [0.1, 0.15) is 44.6 Å². The first-order valence-corrected chi connectivity index (χ1v) is 8.41. The molecule has 0 spiro atoms. The minimum atomic E-state index is -1.42. The molecule has 0 aromatic heterocycles. The van der Waals surface area contributed by atoms with Crippen molar-refractivity contribution in [2.75, 3.05) is 0 Å². The minimum absolute atomic E-state index is 0.00576. The number of aliphatic hydroxyl groups excluding tert-OH is 1. The van der Waals surface area contributed by atoms with E-state index in [0.717, 1.165) is 18.2 Å². The van der Waals surface area contributed by atoms with Gasteiger partial charge >= 0.3 is 0 Å². The summed E-state index contributed by atoms with van der Waals surface area (Å²) < 4.78 is 0. The summed E-state index contributed by atoms with van der Waals surface area (Å²) in [5.41, 5.74) is 0.204. The molecule has 0 unspecified atom stereocenters. The quantitative estimate of drug-likeness (QED) is 0.381. The molecule has 0 bridgehead atoms. The van der Waals surface area contributed by atoms with Crippen molar-refractivity contribution in [2.24, 2.45) is 0 Å². The fourth-order valence-electron chi connectivity index (χ4n) is 3.75. The van der Waals surface area contributed by atoms with E-state index in [1.165, 1.54) is 30.3 Å². The molecule has 0 aliphatic heterocycles. The van der Waals surface area contributed by atoms with Crippen LogP contribution in [-0.2, 0) is 0 Å². The van der Waals surface area contributed by atoms with Crippen LogP contribution in [0.3, 0.4) is 0 Å². The van der Waals surface area contributed by atoms with Crippen LogP contribution in [0.4, 0.5) is 0 Å². The third kappa shape index (κ3) is 2.60. The first-order valence-electron chi connectivity index (χ1n) is 8.41. The largest absolute Gasteiger partial charge is 0.508 e. The topological polar surface area (TPSA) is 138 Å². The Hall–Kier alpha value is -3.71. The summed E-state index contributed by atoms with van der Waals surface area (Å²) in [4.78, 5) is 13.1. The van der Waals surface area contributed by atoms with Crippen LogP contribution in [0, 0.1) is 0 Å². The molecule has 1 aliphatic rings. The molecule has 7 nitrogen and oxygen atoms in total. The molecule has 2 atom stereocenters. The van der Waals surface area contributed by atoms with E-state index in [0.29, 0.717) is 5.56 Å². The molecule has 28 heavy (non-hydrogen) atoms. The van der Waals surface area contributed by atoms with Gasteiger partial charge in [-0.25, -0.2) is 0 Å². The van der Waals surface area contributed by atoms with Gasteiger partial charge in [-0.05, 0) is 35.4 Å². The highest BCUT2D eigenvalue weighted by atomic mass is 16.3. The second-order valence-corrected chi connectivity index (χ2v) is 6.70. The number of phenols is 5. The Morgan fingerprint density at radius 3 is 2.00 bits per heavy atom. The highest BCUT2D eigenvalue weighted by molar-refractivity contribution is 6.14. The van der Waals surface area contributed by atoms with Crippen LogP contribution < -0.4 is 0 Å². The Bertz CT molecular complexity index is 1100. The molecule has 0 amide bonds. The van der Waals surface area contributed by atoms with Gasteiger partial charge in [0.05, 0.1) is 11.7 Å². The molecule has 3 aromatic carbocycles. The summed E-state index contributed by atoms with van der Waals surface area (Å²) >= 11 is 0. The van der Waals surface area contributed by atoms with Gasteiger partial charge in [-0.15, -0.1) is 0 Å². The van der Waals surface area contributed by atoms with Crippen molar-refractivity contribution >= 4 is 5.78 Å². The molecule has 4 rings (SSSR count). The van der Waals surface area contributed by atoms with E-state index in [9.17, 15) is 35.4 Å². The number of ketones is 1. The number of phenolic OH excluding ortho intramolecular Hbond substituents is 5. The maximum absolute atomic E-state index is 13.1. The lowest BCUT2D eigenvalue weighted by Crippen LogP contribution is -2.13. The number of fused-ring (bicyclic) bond motifs is 2. The summed E-state index contributed by atoms with van der Waals surface area (Å²) in [7, 11) is 0.